The maximum atomic E-state index is 13.8. The number of nitrogens with two attached hydrogens (primary N) is 1. The van der Waals surface area contributed by atoms with Gasteiger partial charge in [0.05, 0.1) is 6.54 Å². The van der Waals surface area contributed by atoms with Crippen molar-refractivity contribution in [3.8, 4) is 0 Å². The summed E-state index contributed by atoms with van der Waals surface area (Å²) in [6, 6.07) is 1.44. The minimum absolute atomic E-state index is 0.108. The molecule has 0 aliphatic carbocycles. The lowest BCUT2D eigenvalue weighted by Gasteiger charge is -2.20. The summed E-state index contributed by atoms with van der Waals surface area (Å²) in [5, 5.41) is 2.42. The number of carbonyl (C=O) groups excluding carboxylic acids is 1. The van der Waals surface area contributed by atoms with Crippen molar-refractivity contribution in [1.29, 1.82) is 0 Å². The summed E-state index contributed by atoms with van der Waals surface area (Å²) >= 11 is 0. The number of hydrogen-bond donors (Lipinski definition) is 2. The molecule has 0 saturated carbocycles. The van der Waals surface area contributed by atoms with Gasteiger partial charge in [-0.25, -0.2) is 17.2 Å². The molecule has 1 rings (SSSR count). The van der Waals surface area contributed by atoms with Crippen LogP contribution in [-0.4, -0.2) is 38.3 Å². The number of sulfonamides is 1. The molecule has 0 aliphatic rings. The van der Waals surface area contributed by atoms with Crippen LogP contribution in [0.25, 0.3) is 0 Å². The molecule has 0 spiro atoms. The van der Waals surface area contributed by atoms with E-state index in [4.69, 9.17) is 5.73 Å². The summed E-state index contributed by atoms with van der Waals surface area (Å²) in [6.45, 7) is 2.82. The fraction of sp³-hybridized carbons (Fsp3) is 0.417. The van der Waals surface area contributed by atoms with Crippen molar-refractivity contribution in [3.05, 3.63) is 23.8 Å². The van der Waals surface area contributed by atoms with Crippen molar-refractivity contribution in [2.75, 3.05) is 25.4 Å². The maximum absolute atomic E-state index is 13.8. The van der Waals surface area contributed by atoms with Crippen LogP contribution in [0.3, 0.4) is 0 Å². The first-order valence-electron chi connectivity index (χ1n) is 6.25. The fourth-order valence-electron chi connectivity index (χ4n) is 1.74. The third-order valence-corrected chi connectivity index (χ3v) is 4.64. The van der Waals surface area contributed by atoms with E-state index in [-0.39, 0.29) is 12.2 Å². The van der Waals surface area contributed by atoms with Crippen molar-refractivity contribution in [2.45, 2.75) is 18.7 Å². The third-order valence-electron chi connectivity index (χ3n) is 2.67. The molecule has 1 aromatic carbocycles. The van der Waals surface area contributed by atoms with Crippen LogP contribution in [0.4, 0.5) is 14.5 Å². The van der Waals surface area contributed by atoms with Gasteiger partial charge in [-0.2, -0.15) is 4.31 Å². The minimum Gasteiger partial charge on any atom is -0.399 e. The van der Waals surface area contributed by atoms with Crippen LogP contribution in [0, 0.1) is 11.6 Å². The number of carbonyl (C=O) groups is 1. The van der Waals surface area contributed by atoms with Gasteiger partial charge in [-0.3, -0.25) is 4.79 Å². The maximum Gasteiger partial charge on any atom is 0.249 e. The van der Waals surface area contributed by atoms with E-state index in [0.717, 1.165) is 12.1 Å². The van der Waals surface area contributed by atoms with E-state index in [0.29, 0.717) is 10.8 Å². The van der Waals surface area contributed by atoms with Crippen molar-refractivity contribution in [2.24, 2.45) is 0 Å². The van der Waals surface area contributed by atoms with Crippen LogP contribution in [0.1, 0.15) is 13.8 Å². The minimum atomic E-state index is -4.48. The summed E-state index contributed by atoms with van der Waals surface area (Å²) in [5.41, 5.74) is 5.02. The van der Waals surface area contributed by atoms with Gasteiger partial charge in [0.1, 0.15) is 11.6 Å². The zero-order chi connectivity index (χ0) is 16.2. The molecule has 6 nitrogen and oxygen atoms in total. The molecule has 0 bridgehead atoms. The Balaban J connectivity index is 3.23. The first-order valence-corrected chi connectivity index (χ1v) is 7.69. The van der Waals surface area contributed by atoms with Gasteiger partial charge in [0.15, 0.2) is 4.90 Å². The SMILES string of the molecule is CCNC(=O)CN(CC)S(=O)(=O)c1c(F)cc(N)cc1F. The molecule has 0 saturated heterocycles. The molecule has 0 aliphatic heterocycles. The van der Waals surface area contributed by atoms with Gasteiger partial charge < -0.3 is 11.1 Å². The van der Waals surface area contributed by atoms with E-state index in [2.05, 4.69) is 5.32 Å². The van der Waals surface area contributed by atoms with Crippen molar-refractivity contribution < 1.29 is 22.0 Å². The van der Waals surface area contributed by atoms with E-state index in [1.165, 1.54) is 6.92 Å². The number of nitrogens with zero attached hydrogens (tertiary/aromatic N) is 1. The average Bonchev–Trinajstić information content (AvgIpc) is 2.34. The number of rotatable bonds is 6. The van der Waals surface area contributed by atoms with E-state index < -0.39 is 39.0 Å². The van der Waals surface area contributed by atoms with Crippen LogP contribution in [0.5, 0.6) is 0 Å². The van der Waals surface area contributed by atoms with Crippen LogP contribution < -0.4 is 11.1 Å². The van der Waals surface area contributed by atoms with Crippen LogP contribution in [0.2, 0.25) is 0 Å². The number of halogens is 2. The van der Waals surface area contributed by atoms with Gasteiger partial charge in [-0.1, -0.05) is 6.92 Å². The molecule has 0 aromatic heterocycles. The van der Waals surface area contributed by atoms with Crippen LogP contribution in [-0.2, 0) is 14.8 Å². The van der Waals surface area contributed by atoms with E-state index in [1.807, 2.05) is 0 Å². The third kappa shape index (κ3) is 3.88. The highest BCUT2D eigenvalue weighted by molar-refractivity contribution is 7.89. The van der Waals surface area contributed by atoms with Gasteiger partial charge in [0, 0.05) is 18.8 Å². The molecule has 118 valence electrons. The van der Waals surface area contributed by atoms with Crippen LogP contribution in [0.15, 0.2) is 17.0 Å². The second-order valence-corrected chi connectivity index (χ2v) is 6.07. The normalized spacial score (nSPS) is 11.7. The molecule has 21 heavy (non-hydrogen) atoms. The molecular weight excluding hydrogens is 304 g/mol. The quantitative estimate of drug-likeness (QED) is 0.754. The molecule has 1 aromatic rings. The van der Waals surface area contributed by atoms with Gasteiger partial charge in [-0.15, -0.1) is 0 Å². The molecule has 0 radical (unpaired) electrons. The Labute approximate surface area is 122 Å². The highest BCUT2D eigenvalue weighted by atomic mass is 32.2. The number of hydrogen-bond acceptors (Lipinski definition) is 4. The van der Waals surface area contributed by atoms with Gasteiger partial charge in [0.2, 0.25) is 15.9 Å². The van der Waals surface area contributed by atoms with E-state index in [9.17, 15) is 22.0 Å². The first-order chi connectivity index (χ1) is 9.73. The number of benzene rings is 1. The predicted molar refractivity (Wildman–Crippen MR) is 73.9 cm³/mol. The highest BCUT2D eigenvalue weighted by Gasteiger charge is 2.31. The van der Waals surface area contributed by atoms with Crippen molar-refractivity contribution >= 4 is 21.6 Å². The fourth-order valence-corrected chi connectivity index (χ4v) is 3.23. The molecule has 3 N–H and O–H groups in total. The Morgan fingerprint density at radius 1 is 1.29 bits per heavy atom. The smallest absolute Gasteiger partial charge is 0.249 e. The topological polar surface area (TPSA) is 92.5 Å². The first kappa shape index (κ1) is 17.3. The molecule has 0 atom stereocenters. The average molecular weight is 321 g/mol. The van der Waals surface area contributed by atoms with E-state index in [1.54, 1.807) is 6.92 Å². The Kier molecular flexibility index (Phi) is 5.62. The number of likely N-dealkylation sites (N-methyl/N-ethyl adjacent to an activating group) is 2. The Bertz CT molecular complexity index is 612. The van der Waals surface area contributed by atoms with Gasteiger partial charge >= 0.3 is 0 Å². The zero-order valence-corrected chi connectivity index (χ0v) is 12.5. The largest absolute Gasteiger partial charge is 0.399 e. The Hall–Kier alpha value is -1.74. The lowest BCUT2D eigenvalue weighted by Crippen LogP contribution is -2.41. The summed E-state index contributed by atoms with van der Waals surface area (Å²) in [7, 11) is -4.48. The molecule has 0 heterocycles. The lowest BCUT2D eigenvalue weighted by atomic mass is 10.3. The monoisotopic (exact) mass is 321 g/mol. The Morgan fingerprint density at radius 3 is 2.24 bits per heavy atom. The molecule has 9 heteroatoms. The van der Waals surface area contributed by atoms with Crippen molar-refractivity contribution in [1.82, 2.24) is 9.62 Å². The second kappa shape index (κ2) is 6.81. The molecule has 1 amide bonds. The van der Waals surface area contributed by atoms with Gasteiger partial charge in [-0.05, 0) is 19.1 Å². The summed E-state index contributed by atoms with van der Waals surface area (Å²) in [5.74, 6) is -3.14. The van der Waals surface area contributed by atoms with Crippen LogP contribution >= 0.6 is 0 Å². The predicted octanol–water partition coefficient (Wildman–Crippen LogP) is 0.694. The highest BCUT2D eigenvalue weighted by Crippen LogP contribution is 2.24. The van der Waals surface area contributed by atoms with E-state index >= 15 is 0 Å². The Morgan fingerprint density at radius 2 is 1.81 bits per heavy atom. The summed E-state index contributed by atoms with van der Waals surface area (Å²) in [4.78, 5) is 10.4. The molecule has 0 unspecified atom stereocenters. The number of nitrogens with one attached hydrogen (secondary N) is 1. The lowest BCUT2D eigenvalue weighted by molar-refractivity contribution is -0.121. The number of nitrogen functional groups attached to an aromatic ring is 1. The molecular formula is C12H17F2N3O3S. The number of amides is 1. The molecule has 0 fully saturated rings. The number of anilines is 1. The van der Waals surface area contributed by atoms with Gasteiger partial charge in [0.25, 0.3) is 0 Å². The zero-order valence-electron chi connectivity index (χ0n) is 11.7. The standard InChI is InChI=1S/C12H17F2N3O3S/c1-3-16-11(18)7-17(4-2)21(19,20)12-9(13)5-8(15)6-10(12)14/h5-6H,3-4,7,15H2,1-2H3,(H,16,18). The van der Waals surface area contributed by atoms with Crippen molar-refractivity contribution in [3.63, 3.8) is 0 Å². The summed E-state index contributed by atoms with van der Waals surface area (Å²) in [6.07, 6.45) is 0. The summed E-state index contributed by atoms with van der Waals surface area (Å²) < 4.78 is 52.8. The second-order valence-electron chi connectivity index (χ2n) is 4.20.